The van der Waals surface area contributed by atoms with Crippen LogP contribution in [-0.4, -0.2) is 23.6 Å². The van der Waals surface area contributed by atoms with E-state index in [9.17, 15) is 9.90 Å². The molecule has 1 rings (SSSR count). The number of rotatable bonds is 3. The molecule has 0 bridgehead atoms. The maximum Gasteiger partial charge on any atom is 0.0944 e. The molecule has 4 atom stereocenters. The van der Waals surface area contributed by atoms with Crippen LogP contribution in [0.2, 0.25) is 0 Å². The topological polar surface area (TPSA) is 49.4 Å². The highest BCUT2D eigenvalue weighted by Crippen LogP contribution is 2.30. The van der Waals surface area contributed by atoms with Gasteiger partial charge in [0.15, 0.2) is 0 Å². The first kappa shape index (κ1) is 11.8. The molecule has 3 nitrogen and oxygen atoms in total. The third-order valence-electron chi connectivity index (χ3n) is 2.74. The number of carbonyl (C=O) groups is 1. The first-order valence-corrected chi connectivity index (χ1v) is 5.44. The smallest absolute Gasteiger partial charge is 0.0944 e. The van der Waals surface area contributed by atoms with Crippen molar-refractivity contribution in [3.63, 3.8) is 0 Å². The van der Waals surface area contributed by atoms with Crippen molar-refractivity contribution in [2.24, 2.45) is 5.92 Å². The maximum atomic E-state index is 10.5. The molecule has 0 aromatic carbocycles. The molecule has 0 N–H and O–H groups in total. The predicted octanol–water partition coefficient (Wildman–Crippen LogP) is 0.937. The molecule has 0 radical (unpaired) electrons. The summed E-state index contributed by atoms with van der Waals surface area (Å²) in [6.45, 7) is 3.55. The van der Waals surface area contributed by atoms with Crippen molar-refractivity contribution in [3.8, 4) is 0 Å². The lowest BCUT2D eigenvalue weighted by Crippen LogP contribution is -2.41. The summed E-state index contributed by atoms with van der Waals surface area (Å²) in [4.78, 5) is 10.5. The lowest BCUT2D eigenvalue weighted by atomic mass is 9.87. The molecule has 0 aromatic heterocycles. The number of aliphatic carboxylic acids is 1. The number of ether oxygens (including phenoxy) is 1. The van der Waals surface area contributed by atoms with Gasteiger partial charge in [0.25, 0.3) is 0 Å². The number of alkyl halides is 1. The fourth-order valence-corrected chi connectivity index (χ4v) is 2.23. The highest BCUT2D eigenvalue weighted by molar-refractivity contribution is 6.20. The van der Waals surface area contributed by atoms with Gasteiger partial charge in [-0.15, -0.1) is 11.6 Å². The zero-order valence-electron chi connectivity index (χ0n) is 8.53. The molecule has 0 aromatic rings. The monoisotopic (exact) mass is 219 g/mol. The van der Waals surface area contributed by atoms with Gasteiger partial charge in [0.1, 0.15) is 0 Å². The number of carboxylic acids is 1. The number of halogens is 1. The van der Waals surface area contributed by atoms with Crippen LogP contribution in [-0.2, 0) is 9.53 Å². The van der Waals surface area contributed by atoms with E-state index in [0.29, 0.717) is 5.92 Å². The molecule has 1 aliphatic carbocycles. The summed E-state index contributed by atoms with van der Waals surface area (Å²) in [5, 5.41) is 10.7. The molecule has 1 fully saturated rings. The quantitative estimate of drug-likeness (QED) is 0.664. The van der Waals surface area contributed by atoms with E-state index in [1.807, 2.05) is 6.92 Å². The average Bonchev–Trinajstić information content (AvgIpc) is 2.09. The number of carbonyl (C=O) groups excluding carboxylic acids is 1. The molecule has 1 aliphatic rings. The molecular weight excluding hydrogens is 204 g/mol. The second-order valence-electron chi connectivity index (χ2n) is 4.02. The van der Waals surface area contributed by atoms with E-state index in [2.05, 4.69) is 0 Å². The van der Waals surface area contributed by atoms with Crippen LogP contribution in [0.3, 0.4) is 0 Å². The highest BCUT2D eigenvalue weighted by Gasteiger charge is 2.28. The van der Waals surface area contributed by atoms with E-state index in [-0.39, 0.29) is 11.5 Å². The Hall–Kier alpha value is -0.280. The molecule has 0 saturated heterocycles. The second kappa shape index (κ2) is 4.99. The molecule has 14 heavy (non-hydrogen) atoms. The van der Waals surface area contributed by atoms with Crippen LogP contribution in [0.4, 0.5) is 0 Å². The fraction of sp³-hybridized carbons (Fsp3) is 0.900. The fourth-order valence-electron chi connectivity index (χ4n) is 1.82. The lowest BCUT2D eigenvalue weighted by Gasteiger charge is -2.33. The van der Waals surface area contributed by atoms with Gasteiger partial charge in [0.05, 0.1) is 18.2 Å². The molecule has 1 saturated carbocycles. The molecule has 4 heteroatoms. The van der Waals surface area contributed by atoms with Gasteiger partial charge in [0.2, 0.25) is 0 Å². The van der Waals surface area contributed by atoms with Gasteiger partial charge < -0.3 is 14.6 Å². The van der Waals surface area contributed by atoms with Gasteiger partial charge >= 0.3 is 0 Å². The Morgan fingerprint density at radius 1 is 1.57 bits per heavy atom. The van der Waals surface area contributed by atoms with Crippen molar-refractivity contribution in [1.29, 1.82) is 0 Å². The van der Waals surface area contributed by atoms with Gasteiger partial charge in [-0.1, -0.05) is 6.92 Å². The zero-order valence-corrected chi connectivity index (χ0v) is 9.29. The van der Waals surface area contributed by atoms with Crippen molar-refractivity contribution in [1.82, 2.24) is 0 Å². The van der Waals surface area contributed by atoms with Crippen molar-refractivity contribution in [3.05, 3.63) is 0 Å². The van der Waals surface area contributed by atoms with E-state index >= 15 is 0 Å². The Kier molecular flexibility index (Phi) is 4.20. The summed E-state index contributed by atoms with van der Waals surface area (Å²) in [5.41, 5.74) is 0. The van der Waals surface area contributed by atoms with Crippen LogP contribution in [0.1, 0.15) is 33.1 Å². The van der Waals surface area contributed by atoms with Gasteiger partial charge in [-0.3, -0.25) is 0 Å². The first-order valence-electron chi connectivity index (χ1n) is 5.01. The Morgan fingerprint density at radius 3 is 2.71 bits per heavy atom. The Labute approximate surface area is 89.4 Å². The normalized spacial score (nSPS) is 35.2. The van der Waals surface area contributed by atoms with Gasteiger partial charge in [-0.25, -0.2) is 0 Å². The van der Waals surface area contributed by atoms with Crippen molar-refractivity contribution >= 4 is 17.6 Å². The molecule has 4 unspecified atom stereocenters. The summed E-state index contributed by atoms with van der Waals surface area (Å²) in [6, 6.07) is 0. The Balaban J connectivity index is 2.41. The largest absolute Gasteiger partial charge is 0.547 e. The van der Waals surface area contributed by atoms with E-state index in [4.69, 9.17) is 16.3 Å². The third kappa shape index (κ3) is 3.14. The Morgan fingerprint density at radius 2 is 2.21 bits per heavy atom. The van der Waals surface area contributed by atoms with E-state index in [0.717, 1.165) is 19.3 Å². The van der Waals surface area contributed by atoms with Crippen LogP contribution in [0, 0.1) is 5.92 Å². The van der Waals surface area contributed by atoms with Gasteiger partial charge in [-0.05, 0) is 32.1 Å². The molecule has 0 spiro atoms. The van der Waals surface area contributed by atoms with E-state index in [1.165, 1.54) is 6.92 Å². The molecular formula is C10H16ClO3-. The first-order chi connectivity index (χ1) is 6.50. The number of carboxylic acid groups (broad SMARTS) is 1. The lowest BCUT2D eigenvalue weighted by molar-refractivity contribution is -0.318. The van der Waals surface area contributed by atoms with Gasteiger partial charge in [0, 0.05) is 5.38 Å². The number of hydrogen-bond donors (Lipinski definition) is 0. The minimum absolute atomic E-state index is 0.0119. The minimum atomic E-state index is -1.15. The van der Waals surface area contributed by atoms with Crippen LogP contribution >= 0.6 is 11.6 Å². The SMILES string of the molecule is CC(OC1CCC(Cl)CC1C)C(=O)[O-]. The molecule has 0 amide bonds. The standard InChI is InChI=1S/C10H17ClO3/c1-6-5-8(11)3-4-9(6)14-7(2)10(12)13/h6-9H,3-5H2,1-2H3,(H,12,13)/p-1. The third-order valence-corrected chi connectivity index (χ3v) is 3.13. The Bertz CT molecular complexity index is 208. The summed E-state index contributed by atoms with van der Waals surface area (Å²) >= 11 is 5.99. The van der Waals surface area contributed by atoms with Crippen LogP contribution in [0.15, 0.2) is 0 Å². The maximum absolute atomic E-state index is 10.5. The van der Waals surface area contributed by atoms with Crippen molar-refractivity contribution in [2.75, 3.05) is 0 Å². The summed E-state index contributed by atoms with van der Waals surface area (Å²) in [7, 11) is 0. The molecule has 82 valence electrons. The van der Waals surface area contributed by atoms with Crippen LogP contribution < -0.4 is 5.11 Å². The van der Waals surface area contributed by atoms with Crippen molar-refractivity contribution in [2.45, 2.75) is 50.7 Å². The van der Waals surface area contributed by atoms with Crippen molar-refractivity contribution < 1.29 is 14.6 Å². The predicted molar refractivity (Wildman–Crippen MR) is 52.0 cm³/mol. The van der Waals surface area contributed by atoms with Gasteiger partial charge in [-0.2, -0.15) is 0 Å². The summed E-state index contributed by atoms with van der Waals surface area (Å²) in [6.07, 6.45) is 1.82. The number of hydrogen-bond acceptors (Lipinski definition) is 3. The van der Waals surface area contributed by atoms with Crippen LogP contribution in [0.25, 0.3) is 0 Å². The highest BCUT2D eigenvalue weighted by atomic mass is 35.5. The molecule has 0 heterocycles. The van der Waals surface area contributed by atoms with Crippen LogP contribution in [0.5, 0.6) is 0 Å². The average molecular weight is 220 g/mol. The molecule has 0 aliphatic heterocycles. The van der Waals surface area contributed by atoms with E-state index < -0.39 is 12.1 Å². The summed E-state index contributed by atoms with van der Waals surface area (Å²) in [5.74, 6) is -0.821. The zero-order chi connectivity index (χ0) is 10.7. The minimum Gasteiger partial charge on any atom is -0.547 e. The van der Waals surface area contributed by atoms with E-state index in [1.54, 1.807) is 0 Å². The second-order valence-corrected chi connectivity index (χ2v) is 4.64. The summed E-state index contributed by atoms with van der Waals surface area (Å²) < 4.78 is 5.39.